The van der Waals surface area contributed by atoms with Crippen LogP contribution in [0, 0.1) is 13.8 Å². The van der Waals surface area contributed by atoms with Crippen molar-refractivity contribution >= 4 is 15.9 Å². The fourth-order valence-electron chi connectivity index (χ4n) is 2.30. The lowest BCUT2D eigenvalue weighted by atomic mass is 10.1. The maximum absolute atomic E-state index is 12.3. The number of sulfonamides is 1. The summed E-state index contributed by atoms with van der Waals surface area (Å²) < 4.78 is 27.1. The predicted octanol–water partition coefficient (Wildman–Crippen LogP) is 2.03. The molecule has 0 saturated carbocycles. The van der Waals surface area contributed by atoms with E-state index in [9.17, 15) is 13.2 Å². The maximum Gasteiger partial charge on any atom is 0.240 e. The summed E-state index contributed by atoms with van der Waals surface area (Å²) in [7, 11) is -1.92. The van der Waals surface area contributed by atoms with E-state index in [1.807, 2.05) is 26.0 Å². The molecule has 0 radical (unpaired) electrons. The van der Waals surface area contributed by atoms with Crippen molar-refractivity contribution < 1.29 is 13.2 Å². The molecule has 0 spiro atoms. The highest BCUT2D eigenvalue weighted by Gasteiger charge is 2.16. The Kier molecular flexibility index (Phi) is 6.27. The SMILES string of the molecule is Cc1ccc(S(=O)(=O)NCCC(=O)N(C)Cc2cccnc2)cc1C. The van der Waals surface area contributed by atoms with Crippen LogP contribution in [-0.2, 0) is 21.4 Å². The topological polar surface area (TPSA) is 79.4 Å². The van der Waals surface area contributed by atoms with Gasteiger partial charge in [-0.15, -0.1) is 0 Å². The summed E-state index contributed by atoms with van der Waals surface area (Å²) in [6.07, 6.45) is 3.47. The third-order valence-electron chi connectivity index (χ3n) is 3.99. The van der Waals surface area contributed by atoms with Crippen LogP contribution in [0.1, 0.15) is 23.1 Å². The van der Waals surface area contributed by atoms with Gasteiger partial charge in [0.25, 0.3) is 0 Å². The van der Waals surface area contributed by atoms with Gasteiger partial charge in [-0.3, -0.25) is 9.78 Å². The highest BCUT2D eigenvalue weighted by molar-refractivity contribution is 7.89. The molecule has 1 N–H and O–H groups in total. The minimum absolute atomic E-state index is 0.0610. The van der Waals surface area contributed by atoms with Gasteiger partial charge < -0.3 is 4.90 Å². The van der Waals surface area contributed by atoms with Crippen LogP contribution in [0.5, 0.6) is 0 Å². The Morgan fingerprint density at radius 1 is 1.20 bits per heavy atom. The number of hydrogen-bond acceptors (Lipinski definition) is 4. The van der Waals surface area contributed by atoms with Crippen LogP contribution >= 0.6 is 0 Å². The molecule has 2 aromatic rings. The minimum atomic E-state index is -3.61. The van der Waals surface area contributed by atoms with Crippen molar-refractivity contribution in [3.8, 4) is 0 Å². The van der Waals surface area contributed by atoms with Crippen molar-refractivity contribution in [2.24, 2.45) is 0 Å². The first-order chi connectivity index (χ1) is 11.8. The summed E-state index contributed by atoms with van der Waals surface area (Å²) in [6.45, 7) is 4.29. The van der Waals surface area contributed by atoms with Crippen LogP contribution in [0.15, 0.2) is 47.6 Å². The number of hydrogen-bond donors (Lipinski definition) is 1. The largest absolute Gasteiger partial charge is 0.341 e. The summed E-state index contributed by atoms with van der Waals surface area (Å²) in [6, 6.07) is 8.68. The Morgan fingerprint density at radius 2 is 1.96 bits per heavy atom. The van der Waals surface area contributed by atoms with Crippen molar-refractivity contribution in [1.82, 2.24) is 14.6 Å². The first-order valence-corrected chi connectivity index (χ1v) is 9.48. The Bertz CT molecular complexity index is 836. The fourth-order valence-corrected chi connectivity index (χ4v) is 3.42. The summed E-state index contributed by atoms with van der Waals surface area (Å²) in [5, 5.41) is 0. The van der Waals surface area contributed by atoms with E-state index in [1.54, 1.807) is 42.5 Å². The second-order valence-corrected chi connectivity index (χ2v) is 7.77. The van der Waals surface area contributed by atoms with E-state index in [0.717, 1.165) is 16.7 Å². The van der Waals surface area contributed by atoms with Crippen molar-refractivity contribution in [2.75, 3.05) is 13.6 Å². The molecule has 0 fully saturated rings. The van der Waals surface area contributed by atoms with E-state index in [0.29, 0.717) is 6.54 Å². The second-order valence-electron chi connectivity index (χ2n) is 6.00. The van der Waals surface area contributed by atoms with Gasteiger partial charge in [-0.05, 0) is 48.7 Å². The summed E-state index contributed by atoms with van der Waals surface area (Å²) in [5.41, 5.74) is 2.87. The monoisotopic (exact) mass is 361 g/mol. The number of aromatic nitrogens is 1. The van der Waals surface area contributed by atoms with Gasteiger partial charge in [-0.25, -0.2) is 13.1 Å². The lowest BCUT2D eigenvalue weighted by Crippen LogP contribution is -2.32. The molecule has 7 heteroatoms. The van der Waals surface area contributed by atoms with Gasteiger partial charge in [0, 0.05) is 39.0 Å². The van der Waals surface area contributed by atoms with Gasteiger partial charge in [0.15, 0.2) is 0 Å². The van der Waals surface area contributed by atoms with Crippen LogP contribution in [0.2, 0.25) is 0 Å². The van der Waals surface area contributed by atoms with Gasteiger partial charge >= 0.3 is 0 Å². The highest BCUT2D eigenvalue weighted by Crippen LogP contribution is 2.14. The maximum atomic E-state index is 12.3. The van der Waals surface area contributed by atoms with E-state index >= 15 is 0 Å². The van der Waals surface area contributed by atoms with Crippen molar-refractivity contribution in [2.45, 2.75) is 31.7 Å². The molecule has 0 aliphatic heterocycles. The molecular weight excluding hydrogens is 338 g/mol. The van der Waals surface area contributed by atoms with Crippen LogP contribution in [0.3, 0.4) is 0 Å². The molecule has 0 aliphatic carbocycles. The van der Waals surface area contributed by atoms with Crippen LogP contribution < -0.4 is 4.72 Å². The van der Waals surface area contributed by atoms with E-state index in [1.165, 1.54) is 0 Å². The van der Waals surface area contributed by atoms with Gasteiger partial charge in [-0.2, -0.15) is 0 Å². The quantitative estimate of drug-likeness (QED) is 0.818. The molecule has 1 aromatic carbocycles. The molecule has 1 amide bonds. The Morgan fingerprint density at radius 3 is 2.60 bits per heavy atom. The molecule has 1 aromatic heterocycles. The van der Waals surface area contributed by atoms with Crippen LogP contribution in [-0.4, -0.2) is 37.8 Å². The molecule has 0 aliphatic rings. The van der Waals surface area contributed by atoms with Crippen LogP contribution in [0.4, 0.5) is 0 Å². The van der Waals surface area contributed by atoms with E-state index < -0.39 is 10.0 Å². The van der Waals surface area contributed by atoms with Crippen molar-refractivity contribution in [3.63, 3.8) is 0 Å². The standard InChI is InChI=1S/C18H23N3O3S/c1-14-6-7-17(11-15(14)2)25(23,24)20-10-8-18(22)21(3)13-16-5-4-9-19-12-16/h4-7,9,11-12,20H,8,10,13H2,1-3H3. The lowest BCUT2D eigenvalue weighted by Gasteiger charge is -2.17. The van der Waals surface area contributed by atoms with Crippen LogP contribution in [0.25, 0.3) is 0 Å². The number of aryl methyl sites for hydroxylation is 2. The molecule has 25 heavy (non-hydrogen) atoms. The zero-order valence-electron chi connectivity index (χ0n) is 14.7. The number of amides is 1. The molecular formula is C18H23N3O3S. The first kappa shape index (κ1) is 19.1. The molecule has 0 unspecified atom stereocenters. The smallest absolute Gasteiger partial charge is 0.240 e. The molecule has 0 bridgehead atoms. The Balaban J connectivity index is 1.88. The third-order valence-corrected chi connectivity index (χ3v) is 5.45. The minimum Gasteiger partial charge on any atom is -0.341 e. The molecule has 1 heterocycles. The molecule has 2 rings (SSSR count). The molecule has 0 saturated heterocycles. The second kappa shape index (κ2) is 8.22. The number of benzene rings is 1. The van der Waals surface area contributed by atoms with E-state index in [2.05, 4.69) is 9.71 Å². The van der Waals surface area contributed by atoms with E-state index in [4.69, 9.17) is 0 Å². The average molecular weight is 361 g/mol. The average Bonchev–Trinajstić information content (AvgIpc) is 2.57. The van der Waals surface area contributed by atoms with E-state index in [-0.39, 0.29) is 23.8 Å². The van der Waals surface area contributed by atoms with Crippen molar-refractivity contribution in [1.29, 1.82) is 0 Å². The lowest BCUT2D eigenvalue weighted by molar-refractivity contribution is -0.130. The molecule has 0 atom stereocenters. The number of carbonyl (C=O) groups is 1. The van der Waals surface area contributed by atoms with Gasteiger partial charge in [0.05, 0.1) is 4.90 Å². The van der Waals surface area contributed by atoms with Gasteiger partial charge in [0.2, 0.25) is 15.9 Å². The highest BCUT2D eigenvalue weighted by atomic mass is 32.2. The number of pyridine rings is 1. The Labute approximate surface area is 148 Å². The number of nitrogens with one attached hydrogen (secondary N) is 1. The Hall–Kier alpha value is -2.25. The molecule has 6 nitrogen and oxygen atoms in total. The van der Waals surface area contributed by atoms with Gasteiger partial charge in [-0.1, -0.05) is 12.1 Å². The third kappa shape index (κ3) is 5.37. The number of rotatable bonds is 7. The number of nitrogens with zero attached hydrogens (tertiary/aromatic N) is 2. The molecule has 134 valence electrons. The van der Waals surface area contributed by atoms with Crippen molar-refractivity contribution in [3.05, 3.63) is 59.4 Å². The summed E-state index contributed by atoms with van der Waals surface area (Å²) in [4.78, 5) is 17.9. The first-order valence-electron chi connectivity index (χ1n) is 7.99. The predicted molar refractivity (Wildman–Crippen MR) is 96.4 cm³/mol. The zero-order chi connectivity index (χ0) is 18.4. The zero-order valence-corrected chi connectivity index (χ0v) is 15.5. The number of carbonyl (C=O) groups excluding carboxylic acids is 1. The van der Waals surface area contributed by atoms with Gasteiger partial charge in [0.1, 0.15) is 0 Å². The normalized spacial score (nSPS) is 11.3. The fraction of sp³-hybridized carbons (Fsp3) is 0.333. The summed E-state index contributed by atoms with van der Waals surface area (Å²) >= 11 is 0. The summed E-state index contributed by atoms with van der Waals surface area (Å²) in [5.74, 6) is -0.133.